The molecule has 0 aromatic heterocycles. The van der Waals surface area contributed by atoms with Crippen molar-refractivity contribution in [2.24, 2.45) is 40.9 Å². The van der Waals surface area contributed by atoms with Crippen LogP contribution in [-0.2, 0) is 0 Å². The second kappa shape index (κ2) is 7.12. The average Bonchev–Trinajstić information content (AvgIpc) is 3.27. The van der Waals surface area contributed by atoms with E-state index in [0.29, 0.717) is 5.41 Å². The minimum absolute atomic E-state index is 0.386. The molecule has 2 heteroatoms. The number of hydrogen-bond acceptors (Lipinski definition) is 2. The second-order valence-electron chi connectivity index (χ2n) is 12.0. The van der Waals surface area contributed by atoms with Gasteiger partial charge in [0.25, 0.3) is 0 Å². The SMILES string of the molecule is C=C(CN1CCCC1)[C@H]1CC[C@H]2[C@@H]3CC[C@@H]4C[C@](C)(O)CC[C@@H]4[C@H]3CC[C@]12C. The summed E-state index contributed by atoms with van der Waals surface area (Å²) in [4.78, 5) is 2.66. The van der Waals surface area contributed by atoms with Crippen molar-refractivity contribution in [1.29, 1.82) is 0 Å². The van der Waals surface area contributed by atoms with Crippen LogP contribution in [0.1, 0.15) is 84.5 Å². The monoisotopic (exact) mass is 385 g/mol. The molecule has 1 aliphatic heterocycles. The molecule has 4 saturated carbocycles. The molecule has 0 spiro atoms. The van der Waals surface area contributed by atoms with E-state index in [4.69, 9.17) is 0 Å². The van der Waals surface area contributed by atoms with E-state index in [0.717, 1.165) is 48.3 Å². The van der Waals surface area contributed by atoms with Gasteiger partial charge in [0.1, 0.15) is 0 Å². The molecule has 8 atom stereocenters. The van der Waals surface area contributed by atoms with Crippen LogP contribution in [0.5, 0.6) is 0 Å². The van der Waals surface area contributed by atoms with Gasteiger partial charge in [-0.25, -0.2) is 0 Å². The molecule has 5 fully saturated rings. The van der Waals surface area contributed by atoms with Crippen LogP contribution in [0.3, 0.4) is 0 Å². The molecule has 1 saturated heterocycles. The standard InChI is InChI=1S/C26H43NO/c1-18(17-27-14-4-5-15-27)23-8-9-24-22-7-6-19-16-25(2,28)12-10-20(19)21(22)11-13-26(23,24)3/h19-24,28H,1,4-17H2,2-3H3/t19-,20+,21-,22-,23-,24+,25-,26-/m1/s1. The molecule has 0 amide bonds. The van der Waals surface area contributed by atoms with Gasteiger partial charge in [0.15, 0.2) is 0 Å². The zero-order chi connectivity index (χ0) is 19.5. The van der Waals surface area contributed by atoms with Crippen LogP contribution in [0.4, 0.5) is 0 Å². The summed E-state index contributed by atoms with van der Waals surface area (Å²) in [7, 11) is 0. The predicted molar refractivity (Wildman–Crippen MR) is 116 cm³/mol. The van der Waals surface area contributed by atoms with Crippen molar-refractivity contribution in [1.82, 2.24) is 4.90 Å². The fourth-order valence-electron chi connectivity index (χ4n) is 9.09. The lowest BCUT2D eigenvalue weighted by atomic mass is 9.49. The first-order valence-corrected chi connectivity index (χ1v) is 12.5. The Hall–Kier alpha value is -0.340. The molecular weight excluding hydrogens is 342 g/mol. The Labute approximate surface area is 173 Å². The van der Waals surface area contributed by atoms with Crippen molar-refractivity contribution in [3.63, 3.8) is 0 Å². The smallest absolute Gasteiger partial charge is 0.0622 e. The van der Waals surface area contributed by atoms with Crippen molar-refractivity contribution in [2.45, 2.75) is 90.1 Å². The lowest BCUT2D eigenvalue weighted by Gasteiger charge is -2.57. The van der Waals surface area contributed by atoms with Gasteiger partial charge in [0.05, 0.1) is 5.60 Å². The number of fused-ring (bicyclic) bond motifs is 5. The highest BCUT2D eigenvalue weighted by atomic mass is 16.3. The summed E-state index contributed by atoms with van der Waals surface area (Å²) in [5, 5.41) is 10.6. The number of aliphatic hydroxyl groups is 1. The Morgan fingerprint density at radius 3 is 2.46 bits per heavy atom. The molecule has 4 aliphatic carbocycles. The molecule has 2 nitrogen and oxygen atoms in total. The fraction of sp³-hybridized carbons (Fsp3) is 0.923. The van der Waals surface area contributed by atoms with E-state index in [1.807, 2.05) is 0 Å². The number of rotatable bonds is 3. The van der Waals surface area contributed by atoms with Crippen LogP contribution < -0.4 is 0 Å². The molecule has 0 bridgehead atoms. The Morgan fingerprint density at radius 2 is 1.68 bits per heavy atom. The van der Waals surface area contributed by atoms with Gasteiger partial charge in [-0.15, -0.1) is 0 Å². The molecule has 28 heavy (non-hydrogen) atoms. The van der Waals surface area contributed by atoms with Crippen molar-refractivity contribution >= 4 is 0 Å². The first-order chi connectivity index (χ1) is 13.4. The van der Waals surface area contributed by atoms with Crippen molar-refractivity contribution in [2.75, 3.05) is 19.6 Å². The predicted octanol–water partition coefficient (Wildman–Crippen LogP) is 5.66. The van der Waals surface area contributed by atoms with E-state index in [-0.39, 0.29) is 5.60 Å². The third kappa shape index (κ3) is 3.22. The summed E-state index contributed by atoms with van der Waals surface area (Å²) in [6.45, 7) is 13.1. The Morgan fingerprint density at radius 1 is 0.929 bits per heavy atom. The molecule has 158 valence electrons. The van der Waals surface area contributed by atoms with Gasteiger partial charge in [-0.1, -0.05) is 19.1 Å². The number of nitrogens with zero attached hydrogens (tertiary/aromatic N) is 1. The average molecular weight is 386 g/mol. The normalized spacial score (nSPS) is 51.4. The van der Waals surface area contributed by atoms with Crippen LogP contribution in [0.2, 0.25) is 0 Å². The lowest BCUT2D eigenvalue weighted by molar-refractivity contribution is -0.0979. The molecule has 1 heterocycles. The molecule has 1 N–H and O–H groups in total. The number of likely N-dealkylation sites (tertiary alicyclic amines) is 1. The molecule has 0 unspecified atom stereocenters. The summed E-state index contributed by atoms with van der Waals surface area (Å²) in [6, 6.07) is 0. The third-order valence-electron chi connectivity index (χ3n) is 10.4. The summed E-state index contributed by atoms with van der Waals surface area (Å²) < 4.78 is 0. The van der Waals surface area contributed by atoms with Crippen LogP contribution in [-0.4, -0.2) is 35.2 Å². The zero-order valence-electron chi connectivity index (χ0n) is 18.5. The fourth-order valence-corrected chi connectivity index (χ4v) is 9.09. The first kappa shape index (κ1) is 19.6. The molecular formula is C26H43NO. The highest BCUT2D eigenvalue weighted by molar-refractivity contribution is 5.17. The Bertz CT molecular complexity index is 606. The maximum absolute atomic E-state index is 10.6. The summed E-state index contributed by atoms with van der Waals surface area (Å²) in [5.41, 5.74) is 1.70. The summed E-state index contributed by atoms with van der Waals surface area (Å²) >= 11 is 0. The summed E-state index contributed by atoms with van der Waals surface area (Å²) in [5.74, 6) is 5.34. The Kier molecular flexibility index (Phi) is 4.99. The van der Waals surface area contributed by atoms with Crippen molar-refractivity contribution in [3.8, 4) is 0 Å². The van der Waals surface area contributed by atoms with E-state index in [2.05, 4.69) is 25.3 Å². The van der Waals surface area contributed by atoms with E-state index >= 15 is 0 Å². The van der Waals surface area contributed by atoms with E-state index in [9.17, 15) is 5.11 Å². The molecule has 0 aromatic rings. The maximum atomic E-state index is 10.6. The minimum Gasteiger partial charge on any atom is -0.390 e. The van der Waals surface area contributed by atoms with Crippen LogP contribution >= 0.6 is 0 Å². The quantitative estimate of drug-likeness (QED) is 0.634. The van der Waals surface area contributed by atoms with E-state index < -0.39 is 0 Å². The van der Waals surface area contributed by atoms with Gasteiger partial charge in [0, 0.05) is 6.54 Å². The first-order valence-electron chi connectivity index (χ1n) is 12.5. The lowest BCUT2D eigenvalue weighted by Crippen LogP contribution is -2.50. The molecule has 0 aromatic carbocycles. The number of hydrogen-bond donors (Lipinski definition) is 1. The van der Waals surface area contributed by atoms with Crippen LogP contribution in [0, 0.1) is 40.9 Å². The van der Waals surface area contributed by atoms with E-state index in [1.54, 1.807) is 5.57 Å². The van der Waals surface area contributed by atoms with E-state index in [1.165, 1.54) is 77.4 Å². The Balaban J connectivity index is 1.29. The van der Waals surface area contributed by atoms with Crippen LogP contribution in [0.25, 0.3) is 0 Å². The highest BCUT2D eigenvalue weighted by Gasteiger charge is 2.57. The van der Waals surface area contributed by atoms with Gasteiger partial charge >= 0.3 is 0 Å². The van der Waals surface area contributed by atoms with Gasteiger partial charge in [-0.2, -0.15) is 0 Å². The maximum Gasteiger partial charge on any atom is 0.0622 e. The van der Waals surface area contributed by atoms with Crippen molar-refractivity contribution in [3.05, 3.63) is 12.2 Å². The molecule has 5 rings (SSSR count). The minimum atomic E-state index is -0.386. The second-order valence-corrected chi connectivity index (χ2v) is 12.0. The van der Waals surface area contributed by atoms with Gasteiger partial charge in [-0.3, -0.25) is 4.90 Å². The largest absolute Gasteiger partial charge is 0.390 e. The van der Waals surface area contributed by atoms with Crippen molar-refractivity contribution < 1.29 is 5.11 Å². The summed E-state index contributed by atoms with van der Waals surface area (Å²) in [6.07, 6.45) is 14.7. The van der Waals surface area contributed by atoms with Gasteiger partial charge in [0.2, 0.25) is 0 Å². The van der Waals surface area contributed by atoms with Crippen LogP contribution in [0.15, 0.2) is 12.2 Å². The third-order valence-corrected chi connectivity index (χ3v) is 10.4. The molecule has 5 aliphatic rings. The zero-order valence-corrected chi connectivity index (χ0v) is 18.5. The van der Waals surface area contributed by atoms with Gasteiger partial charge < -0.3 is 5.11 Å². The van der Waals surface area contributed by atoms with Gasteiger partial charge in [-0.05, 0) is 132 Å². The highest BCUT2D eigenvalue weighted by Crippen LogP contribution is 2.65. The topological polar surface area (TPSA) is 23.5 Å². The molecule has 0 radical (unpaired) electrons.